The number of piperidine rings is 1. The Bertz CT molecular complexity index is 355. The van der Waals surface area contributed by atoms with Crippen LogP contribution in [0, 0.1) is 0 Å². The maximum atomic E-state index is 5.07. The van der Waals surface area contributed by atoms with E-state index in [9.17, 15) is 0 Å². The molecule has 0 N–H and O–H groups in total. The van der Waals surface area contributed by atoms with E-state index in [-0.39, 0.29) is 0 Å². The van der Waals surface area contributed by atoms with Gasteiger partial charge in [-0.2, -0.15) is 0 Å². The summed E-state index contributed by atoms with van der Waals surface area (Å²) in [5, 5.41) is 0. The summed E-state index contributed by atoms with van der Waals surface area (Å²) in [6, 6.07) is 1.87. The van der Waals surface area contributed by atoms with Gasteiger partial charge in [-0.25, -0.2) is 9.97 Å². The molecule has 4 heteroatoms. The smallest absolute Gasteiger partial charge is 0.218 e. The summed E-state index contributed by atoms with van der Waals surface area (Å²) in [5.41, 5.74) is 1.33. The van der Waals surface area contributed by atoms with Crippen molar-refractivity contribution in [3.05, 3.63) is 24.5 Å². The van der Waals surface area contributed by atoms with Gasteiger partial charge in [-0.15, -0.1) is 0 Å². The van der Waals surface area contributed by atoms with Crippen LogP contribution >= 0.6 is 0 Å². The van der Waals surface area contributed by atoms with Gasteiger partial charge in [0.15, 0.2) is 0 Å². The van der Waals surface area contributed by atoms with Gasteiger partial charge in [0.2, 0.25) is 5.88 Å². The minimum absolute atomic E-state index is 0.615. The maximum absolute atomic E-state index is 5.07. The van der Waals surface area contributed by atoms with Gasteiger partial charge < -0.3 is 9.64 Å². The second kappa shape index (κ2) is 4.29. The summed E-state index contributed by atoms with van der Waals surface area (Å²) in [7, 11) is 1.62. The second-order valence-electron chi connectivity index (χ2n) is 3.66. The first kappa shape index (κ1) is 9.96. The Hall–Kier alpha value is -1.58. The SMILES string of the molecule is C=C1CCN(c2cc(OC)ncn2)CC1. The van der Waals surface area contributed by atoms with Crippen LogP contribution in [0.25, 0.3) is 0 Å². The first-order valence-electron chi connectivity index (χ1n) is 5.07. The van der Waals surface area contributed by atoms with Crippen LogP contribution in [0.2, 0.25) is 0 Å². The van der Waals surface area contributed by atoms with Gasteiger partial charge in [0.25, 0.3) is 0 Å². The van der Waals surface area contributed by atoms with Gasteiger partial charge in [-0.1, -0.05) is 12.2 Å². The molecule has 1 fully saturated rings. The molecule has 1 aliphatic rings. The van der Waals surface area contributed by atoms with E-state index in [4.69, 9.17) is 4.74 Å². The molecule has 0 bridgehead atoms. The molecule has 0 aliphatic carbocycles. The highest BCUT2D eigenvalue weighted by Gasteiger charge is 2.14. The van der Waals surface area contributed by atoms with Gasteiger partial charge in [-0.05, 0) is 12.8 Å². The molecule has 0 atom stereocenters. The second-order valence-corrected chi connectivity index (χ2v) is 3.66. The number of aromatic nitrogens is 2. The third-order valence-electron chi connectivity index (χ3n) is 2.63. The highest BCUT2D eigenvalue weighted by Crippen LogP contribution is 2.21. The van der Waals surface area contributed by atoms with Gasteiger partial charge in [0.05, 0.1) is 7.11 Å². The first-order chi connectivity index (χ1) is 7.29. The lowest BCUT2D eigenvalue weighted by Crippen LogP contribution is -2.31. The van der Waals surface area contributed by atoms with Crippen LogP contribution in [0.15, 0.2) is 24.5 Å². The molecule has 0 saturated carbocycles. The number of methoxy groups -OCH3 is 1. The first-order valence-corrected chi connectivity index (χ1v) is 5.07. The summed E-state index contributed by atoms with van der Waals surface area (Å²) >= 11 is 0. The normalized spacial score (nSPS) is 16.6. The van der Waals surface area contributed by atoms with Gasteiger partial charge >= 0.3 is 0 Å². The third-order valence-corrected chi connectivity index (χ3v) is 2.63. The van der Waals surface area contributed by atoms with Crippen molar-refractivity contribution in [2.24, 2.45) is 0 Å². The molecule has 0 amide bonds. The minimum Gasteiger partial charge on any atom is -0.481 e. The van der Waals surface area contributed by atoms with Crippen molar-refractivity contribution in [3.63, 3.8) is 0 Å². The predicted octanol–water partition coefficient (Wildman–Crippen LogP) is 1.64. The van der Waals surface area contributed by atoms with Gasteiger partial charge in [0, 0.05) is 19.2 Å². The quantitative estimate of drug-likeness (QED) is 0.688. The minimum atomic E-state index is 0.615. The van der Waals surface area contributed by atoms with E-state index >= 15 is 0 Å². The number of hydrogen-bond acceptors (Lipinski definition) is 4. The molecule has 1 saturated heterocycles. The van der Waals surface area contributed by atoms with Crippen LogP contribution in [0.5, 0.6) is 5.88 Å². The molecule has 15 heavy (non-hydrogen) atoms. The molecule has 0 spiro atoms. The summed E-state index contributed by atoms with van der Waals surface area (Å²) in [5.74, 6) is 1.55. The van der Waals surface area contributed by atoms with E-state index in [1.807, 2.05) is 6.07 Å². The molecule has 80 valence electrons. The Balaban J connectivity index is 2.11. The zero-order valence-electron chi connectivity index (χ0n) is 8.94. The molecular weight excluding hydrogens is 190 g/mol. The largest absolute Gasteiger partial charge is 0.481 e. The van der Waals surface area contributed by atoms with Crippen molar-refractivity contribution in [3.8, 4) is 5.88 Å². The molecule has 2 rings (SSSR count). The lowest BCUT2D eigenvalue weighted by Gasteiger charge is -2.28. The van der Waals surface area contributed by atoms with E-state index in [0.717, 1.165) is 31.7 Å². The Labute approximate surface area is 89.6 Å². The zero-order chi connectivity index (χ0) is 10.7. The highest BCUT2D eigenvalue weighted by molar-refractivity contribution is 5.42. The van der Waals surface area contributed by atoms with Gasteiger partial charge in [-0.3, -0.25) is 0 Å². The van der Waals surface area contributed by atoms with Crippen LogP contribution in [-0.4, -0.2) is 30.2 Å². The van der Waals surface area contributed by atoms with E-state index in [1.54, 1.807) is 7.11 Å². The lowest BCUT2D eigenvalue weighted by molar-refractivity contribution is 0.396. The summed E-state index contributed by atoms with van der Waals surface area (Å²) < 4.78 is 5.07. The number of nitrogens with zero attached hydrogens (tertiary/aromatic N) is 3. The van der Waals surface area contributed by atoms with Crippen LogP contribution in [0.3, 0.4) is 0 Å². The number of rotatable bonds is 2. The van der Waals surface area contributed by atoms with Crippen molar-refractivity contribution < 1.29 is 4.74 Å². The molecule has 0 aromatic carbocycles. The fourth-order valence-electron chi connectivity index (χ4n) is 1.67. The molecule has 1 aromatic heterocycles. The van der Waals surface area contributed by atoms with Gasteiger partial charge in [0.1, 0.15) is 12.1 Å². The standard InChI is InChI=1S/C11H15N3O/c1-9-3-5-14(6-4-9)10-7-11(15-2)13-8-12-10/h7-8H,1,3-6H2,2H3. The molecule has 2 heterocycles. The van der Waals surface area contributed by atoms with E-state index in [2.05, 4.69) is 21.4 Å². The fraction of sp³-hybridized carbons (Fsp3) is 0.455. The fourth-order valence-corrected chi connectivity index (χ4v) is 1.67. The Morgan fingerprint density at radius 3 is 2.73 bits per heavy atom. The molecule has 0 unspecified atom stereocenters. The van der Waals surface area contributed by atoms with Crippen molar-refractivity contribution in [2.45, 2.75) is 12.8 Å². The Morgan fingerprint density at radius 1 is 1.33 bits per heavy atom. The van der Waals surface area contributed by atoms with E-state index in [1.165, 1.54) is 11.9 Å². The summed E-state index contributed by atoms with van der Waals surface area (Å²) in [6.45, 7) is 5.96. The van der Waals surface area contributed by atoms with E-state index < -0.39 is 0 Å². The van der Waals surface area contributed by atoms with Crippen LogP contribution in [-0.2, 0) is 0 Å². The van der Waals surface area contributed by atoms with Crippen LogP contribution < -0.4 is 9.64 Å². The molecule has 1 aromatic rings. The van der Waals surface area contributed by atoms with Crippen LogP contribution in [0.4, 0.5) is 5.82 Å². The van der Waals surface area contributed by atoms with Crippen molar-refractivity contribution in [2.75, 3.05) is 25.1 Å². The predicted molar refractivity (Wildman–Crippen MR) is 59.2 cm³/mol. The lowest BCUT2D eigenvalue weighted by atomic mass is 10.1. The molecule has 4 nitrogen and oxygen atoms in total. The topological polar surface area (TPSA) is 38.2 Å². The zero-order valence-corrected chi connectivity index (χ0v) is 8.94. The Morgan fingerprint density at radius 2 is 2.07 bits per heavy atom. The monoisotopic (exact) mass is 205 g/mol. The van der Waals surface area contributed by atoms with E-state index in [0.29, 0.717) is 5.88 Å². The highest BCUT2D eigenvalue weighted by atomic mass is 16.5. The van der Waals surface area contributed by atoms with Crippen molar-refractivity contribution in [1.82, 2.24) is 9.97 Å². The number of hydrogen-bond donors (Lipinski definition) is 0. The van der Waals surface area contributed by atoms with Crippen LogP contribution in [0.1, 0.15) is 12.8 Å². The van der Waals surface area contributed by atoms with Crippen molar-refractivity contribution >= 4 is 5.82 Å². The average Bonchev–Trinajstić information content (AvgIpc) is 2.30. The Kier molecular flexibility index (Phi) is 2.85. The number of ether oxygens (including phenoxy) is 1. The summed E-state index contributed by atoms with van der Waals surface area (Å²) in [4.78, 5) is 10.5. The third kappa shape index (κ3) is 2.26. The molecular formula is C11H15N3O. The molecule has 1 aliphatic heterocycles. The maximum Gasteiger partial charge on any atom is 0.218 e. The molecule has 0 radical (unpaired) electrons. The average molecular weight is 205 g/mol. The number of anilines is 1. The summed E-state index contributed by atoms with van der Waals surface area (Å²) in [6.07, 6.45) is 3.64. The van der Waals surface area contributed by atoms with Crippen molar-refractivity contribution in [1.29, 1.82) is 0 Å².